The highest BCUT2D eigenvalue weighted by molar-refractivity contribution is 7.89. The number of rotatable bonds is 6. The molecule has 2 aromatic rings. The van der Waals surface area contributed by atoms with Gasteiger partial charge in [0, 0.05) is 12.7 Å². The van der Waals surface area contributed by atoms with Crippen molar-refractivity contribution < 1.29 is 39.9 Å². The second-order valence-corrected chi connectivity index (χ2v) is 7.81. The average molecular weight is 438 g/mol. The first-order chi connectivity index (χ1) is 13.4. The van der Waals surface area contributed by atoms with Crippen LogP contribution < -0.4 is 10.1 Å². The lowest BCUT2D eigenvalue weighted by atomic mass is 10.2. The van der Waals surface area contributed by atoms with Gasteiger partial charge in [-0.25, -0.2) is 17.2 Å². The van der Waals surface area contributed by atoms with Gasteiger partial charge in [-0.15, -0.1) is 0 Å². The Hall–Kier alpha value is -2.73. The number of likely N-dealkylation sites (N-methyl/N-ethyl adjacent to an activating group) is 1. The van der Waals surface area contributed by atoms with E-state index in [0.717, 1.165) is 25.2 Å². The van der Waals surface area contributed by atoms with Crippen molar-refractivity contribution in [3.63, 3.8) is 0 Å². The number of carbonyl (C=O) groups excluding carboxylic acids is 1. The molecule has 29 heavy (non-hydrogen) atoms. The van der Waals surface area contributed by atoms with E-state index in [2.05, 4.69) is 5.32 Å². The van der Waals surface area contributed by atoms with E-state index in [1.165, 1.54) is 7.11 Å². The summed E-state index contributed by atoms with van der Waals surface area (Å²) in [6, 6.07) is 4.59. The van der Waals surface area contributed by atoms with Gasteiger partial charge in [-0.1, -0.05) is 0 Å². The lowest BCUT2D eigenvalue weighted by molar-refractivity contribution is -0.140. The summed E-state index contributed by atoms with van der Waals surface area (Å²) in [5.41, 5.74) is -1.96. The van der Waals surface area contributed by atoms with Crippen molar-refractivity contribution in [3.05, 3.63) is 53.6 Å². The van der Waals surface area contributed by atoms with Crippen molar-refractivity contribution in [3.8, 4) is 5.75 Å². The molecular weight excluding hydrogens is 423 g/mol. The molecule has 0 spiro atoms. The molecule has 158 valence electrons. The predicted molar refractivity (Wildman–Crippen MR) is 92.8 cm³/mol. The Morgan fingerprint density at radius 2 is 1.79 bits per heavy atom. The molecule has 1 amide bonds. The highest BCUT2D eigenvalue weighted by Crippen LogP contribution is 2.33. The Morgan fingerprint density at radius 3 is 2.38 bits per heavy atom. The van der Waals surface area contributed by atoms with Crippen LogP contribution in [0.5, 0.6) is 5.75 Å². The molecule has 0 aliphatic carbocycles. The van der Waals surface area contributed by atoms with Crippen LogP contribution in [0.25, 0.3) is 0 Å². The number of anilines is 1. The molecule has 0 radical (unpaired) electrons. The van der Waals surface area contributed by atoms with Crippen LogP contribution in [-0.2, 0) is 21.0 Å². The van der Waals surface area contributed by atoms with Gasteiger partial charge in [0.05, 0.1) is 19.2 Å². The van der Waals surface area contributed by atoms with Crippen LogP contribution in [0.2, 0.25) is 0 Å². The largest absolute Gasteiger partial charge is 0.495 e. The molecule has 0 atom stereocenters. The molecule has 0 saturated carbocycles. The third-order valence-corrected chi connectivity index (χ3v) is 5.56. The fraction of sp³-hybridized carbons (Fsp3) is 0.235. The molecule has 0 aromatic heterocycles. The SMILES string of the molecule is COc1ccc(F)cc1S(=O)(=O)N(C)CC(=O)Nc1ccc(F)c(C(F)(F)F)c1. The minimum Gasteiger partial charge on any atom is -0.495 e. The topological polar surface area (TPSA) is 75.7 Å². The van der Waals surface area contributed by atoms with Gasteiger partial charge in [-0.05, 0) is 36.4 Å². The highest BCUT2D eigenvalue weighted by atomic mass is 32.2. The lowest BCUT2D eigenvalue weighted by Crippen LogP contribution is -2.35. The molecule has 12 heteroatoms. The van der Waals surface area contributed by atoms with Crippen LogP contribution >= 0.6 is 0 Å². The Bertz CT molecular complexity index is 1020. The fourth-order valence-corrected chi connectivity index (χ4v) is 3.62. The maximum absolute atomic E-state index is 13.5. The monoisotopic (exact) mass is 438 g/mol. The van der Waals surface area contributed by atoms with Gasteiger partial charge < -0.3 is 10.1 Å². The lowest BCUT2D eigenvalue weighted by Gasteiger charge is -2.19. The summed E-state index contributed by atoms with van der Waals surface area (Å²) in [4.78, 5) is 11.5. The predicted octanol–water partition coefficient (Wildman–Crippen LogP) is 3.25. The summed E-state index contributed by atoms with van der Waals surface area (Å²) < 4.78 is 95.6. The molecule has 0 aliphatic rings. The summed E-state index contributed by atoms with van der Waals surface area (Å²) >= 11 is 0. The Kier molecular flexibility index (Phi) is 6.48. The molecule has 0 saturated heterocycles. The molecule has 0 aliphatic heterocycles. The van der Waals surface area contributed by atoms with Crippen LogP contribution in [0.3, 0.4) is 0 Å². The fourth-order valence-electron chi connectivity index (χ4n) is 2.33. The van der Waals surface area contributed by atoms with Crippen LogP contribution in [0.4, 0.5) is 27.6 Å². The zero-order valence-electron chi connectivity index (χ0n) is 15.0. The number of hydrogen-bond acceptors (Lipinski definition) is 4. The molecule has 1 N–H and O–H groups in total. The van der Waals surface area contributed by atoms with E-state index in [-0.39, 0.29) is 11.4 Å². The van der Waals surface area contributed by atoms with E-state index in [4.69, 9.17) is 4.74 Å². The molecule has 2 rings (SSSR count). The number of carbonyl (C=O) groups is 1. The maximum Gasteiger partial charge on any atom is 0.419 e. The second-order valence-electron chi connectivity index (χ2n) is 5.80. The minimum atomic E-state index is -4.97. The smallest absolute Gasteiger partial charge is 0.419 e. The van der Waals surface area contributed by atoms with Crippen LogP contribution in [0.15, 0.2) is 41.3 Å². The standard InChI is InChI=1S/C17H15F5N2O4S/c1-24(29(26,27)15-7-10(18)3-6-14(15)28-2)9-16(25)23-11-4-5-13(19)12(8-11)17(20,21)22/h3-8H,9H2,1-2H3,(H,23,25). The summed E-state index contributed by atoms with van der Waals surface area (Å²) in [6.07, 6.45) is -4.97. The van der Waals surface area contributed by atoms with Crippen LogP contribution in [0, 0.1) is 11.6 Å². The number of hydrogen-bond donors (Lipinski definition) is 1. The molecule has 0 bridgehead atoms. The Balaban J connectivity index is 2.20. The Morgan fingerprint density at radius 1 is 1.14 bits per heavy atom. The number of nitrogens with one attached hydrogen (secondary N) is 1. The minimum absolute atomic E-state index is 0.160. The van der Waals surface area contributed by atoms with E-state index in [1.807, 2.05) is 0 Å². The summed E-state index contributed by atoms with van der Waals surface area (Å²) in [7, 11) is -2.17. The first-order valence-electron chi connectivity index (χ1n) is 7.82. The van der Waals surface area contributed by atoms with Gasteiger partial charge >= 0.3 is 6.18 Å². The summed E-state index contributed by atoms with van der Waals surface area (Å²) in [5, 5.41) is 2.06. The number of amides is 1. The highest BCUT2D eigenvalue weighted by Gasteiger charge is 2.34. The number of benzene rings is 2. The number of sulfonamides is 1. The molecule has 0 heterocycles. The first kappa shape index (κ1) is 22.6. The van der Waals surface area contributed by atoms with E-state index in [0.29, 0.717) is 22.5 Å². The van der Waals surface area contributed by atoms with Crippen molar-refractivity contribution in [1.29, 1.82) is 0 Å². The van der Waals surface area contributed by atoms with Crippen molar-refractivity contribution in [1.82, 2.24) is 4.31 Å². The normalized spacial score (nSPS) is 12.1. The third-order valence-electron chi connectivity index (χ3n) is 3.74. The van der Waals surface area contributed by atoms with Crippen LogP contribution in [-0.4, -0.2) is 39.3 Å². The van der Waals surface area contributed by atoms with E-state index in [1.54, 1.807) is 0 Å². The van der Waals surface area contributed by atoms with Gasteiger partial charge in [0.1, 0.15) is 22.3 Å². The third kappa shape index (κ3) is 5.21. The van der Waals surface area contributed by atoms with Gasteiger partial charge in [-0.3, -0.25) is 4.79 Å². The number of alkyl halides is 3. The van der Waals surface area contributed by atoms with E-state index >= 15 is 0 Å². The zero-order chi connectivity index (χ0) is 22.0. The first-order valence-corrected chi connectivity index (χ1v) is 9.26. The van der Waals surface area contributed by atoms with Crippen molar-refractivity contribution >= 4 is 21.6 Å². The van der Waals surface area contributed by atoms with Crippen molar-refractivity contribution in [2.45, 2.75) is 11.1 Å². The van der Waals surface area contributed by atoms with Gasteiger partial charge in [0.25, 0.3) is 0 Å². The molecule has 0 fully saturated rings. The molecular formula is C17H15F5N2O4S. The Labute approximate surface area is 162 Å². The van der Waals surface area contributed by atoms with Crippen molar-refractivity contribution in [2.75, 3.05) is 26.0 Å². The molecule has 0 unspecified atom stereocenters. The van der Waals surface area contributed by atoms with Gasteiger partial charge in [-0.2, -0.15) is 17.5 Å². The van der Waals surface area contributed by atoms with Crippen LogP contribution in [0.1, 0.15) is 5.56 Å². The number of ether oxygens (including phenoxy) is 1. The van der Waals surface area contributed by atoms with E-state index < -0.39 is 50.7 Å². The van der Waals surface area contributed by atoms with Gasteiger partial charge in [0.2, 0.25) is 15.9 Å². The van der Waals surface area contributed by atoms with E-state index in [9.17, 15) is 35.2 Å². The summed E-state index contributed by atoms with van der Waals surface area (Å²) in [5.74, 6) is -3.53. The van der Waals surface area contributed by atoms with Crippen molar-refractivity contribution in [2.24, 2.45) is 0 Å². The van der Waals surface area contributed by atoms with Gasteiger partial charge in [0.15, 0.2) is 0 Å². The molecule has 2 aromatic carbocycles. The number of halogens is 5. The summed E-state index contributed by atoms with van der Waals surface area (Å²) in [6.45, 7) is -0.805. The number of nitrogens with zero attached hydrogens (tertiary/aromatic N) is 1. The molecule has 6 nitrogen and oxygen atoms in total. The number of methoxy groups -OCH3 is 1. The maximum atomic E-state index is 13.5. The quantitative estimate of drug-likeness (QED) is 0.703. The second kappa shape index (κ2) is 8.33. The zero-order valence-corrected chi connectivity index (χ0v) is 15.9. The average Bonchev–Trinajstić information content (AvgIpc) is 2.62.